The van der Waals surface area contributed by atoms with Gasteiger partial charge in [0, 0.05) is 67.8 Å². The van der Waals surface area contributed by atoms with Crippen molar-refractivity contribution in [2.75, 3.05) is 43.9 Å². The minimum atomic E-state index is -0.934. The maximum atomic E-state index is 12.9. The first-order valence-electron chi connectivity index (χ1n) is 16.9. The van der Waals surface area contributed by atoms with E-state index in [0.29, 0.717) is 72.1 Å². The third-order valence-corrected chi connectivity index (χ3v) is 10.0. The van der Waals surface area contributed by atoms with Gasteiger partial charge in [0.1, 0.15) is 17.6 Å². The topological polar surface area (TPSA) is 165 Å². The van der Waals surface area contributed by atoms with Gasteiger partial charge in [-0.3, -0.25) is 14.9 Å². The summed E-state index contributed by atoms with van der Waals surface area (Å²) in [6, 6.07) is 19.0. The molecule has 2 aromatic heterocycles. The van der Waals surface area contributed by atoms with Crippen molar-refractivity contribution in [2.45, 2.75) is 38.0 Å². The Kier molecular flexibility index (Phi) is 12.1. The maximum absolute atomic E-state index is 12.9. The Balaban J connectivity index is 0.943. The van der Waals surface area contributed by atoms with Crippen LogP contribution in [-0.2, 0) is 16.1 Å². The fourth-order valence-electron chi connectivity index (χ4n) is 6.30. The van der Waals surface area contributed by atoms with Crippen LogP contribution >= 0.6 is 22.9 Å². The first-order chi connectivity index (χ1) is 25.2. The number of aromatic amines is 1. The standard InChI is InChI=1S/C38H40ClN5O7S/c1-50-34-19-31(29(39)18-24(34)20-40-21-33(46)27-6-8-32(45)37-28(27)7-9-35(47)43-37)41-36(48)12-16-44-14-10-25(11-15-44)51-38(49)42-30-5-3-2-4-26(30)23-13-17-52-22-23/h2-9,13,17-19,22,25,33,40,45-46H,10-12,14-16,20-21H2,1H3,(H,41,48)(H,42,49)(H,43,47)/t33-/m1/s1. The molecule has 1 atom stereocenters. The summed E-state index contributed by atoms with van der Waals surface area (Å²) >= 11 is 8.17. The number of aromatic hydroxyl groups is 1. The average molecular weight is 746 g/mol. The van der Waals surface area contributed by atoms with Crippen molar-refractivity contribution in [3.05, 3.63) is 104 Å². The van der Waals surface area contributed by atoms with E-state index in [2.05, 4.69) is 25.8 Å². The number of aliphatic hydroxyl groups is 1. The van der Waals surface area contributed by atoms with Crippen molar-refractivity contribution in [2.24, 2.45) is 0 Å². The van der Waals surface area contributed by atoms with Gasteiger partial charge in [-0.05, 0) is 65.1 Å². The number of likely N-dealkylation sites (tertiary alicyclic amines) is 1. The van der Waals surface area contributed by atoms with E-state index in [4.69, 9.17) is 21.1 Å². The molecule has 6 N–H and O–H groups in total. The van der Waals surface area contributed by atoms with Gasteiger partial charge in [-0.25, -0.2) is 4.79 Å². The summed E-state index contributed by atoms with van der Waals surface area (Å²) in [6.45, 7) is 2.42. The van der Waals surface area contributed by atoms with Crippen molar-refractivity contribution in [1.82, 2.24) is 15.2 Å². The molecule has 12 nitrogen and oxygen atoms in total. The van der Waals surface area contributed by atoms with Gasteiger partial charge in [0.05, 0.1) is 35.1 Å². The van der Waals surface area contributed by atoms with Crippen molar-refractivity contribution in [1.29, 1.82) is 0 Å². The van der Waals surface area contributed by atoms with Crippen LogP contribution in [0.1, 0.15) is 36.5 Å². The van der Waals surface area contributed by atoms with Gasteiger partial charge in [-0.2, -0.15) is 11.3 Å². The molecule has 3 heterocycles. The number of rotatable bonds is 13. The molecule has 0 bridgehead atoms. The van der Waals surface area contributed by atoms with Crippen LogP contribution in [-0.4, -0.2) is 71.5 Å². The fraction of sp³-hybridized carbons (Fsp3) is 0.289. The number of benzene rings is 3. The first kappa shape index (κ1) is 36.9. The van der Waals surface area contributed by atoms with E-state index >= 15 is 0 Å². The van der Waals surface area contributed by atoms with Gasteiger partial charge in [-0.15, -0.1) is 0 Å². The molecule has 1 saturated heterocycles. The lowest BCUT2D eigenvalue weighted by Crippen LogP contribution is -2.39. The number of phenols is 1. The Morgan fingerprint density at radius 3 is 2.63 bits per heavy atom. The highest BCUT2D eigenvalue weighted by Crippen LogP contribution is 2.33. The monoisotopic (exact) mass is 745 g/mol. The lowest BCUT2D eigenvalue weighted by molar-refractivity contribution is -0.116. The Morgan fingerprint density at radius 1 is 1.06 bits per heavy atom. The van der Waals surface area contributed by atoms with Crippen molar-refractivity contribution in [3.63, 3.8) is 0 Å². The number of H-pyrrole nitrogens is 1. The molecule has 3 aromatic carbocycles. The number of thiophene rings is 1. The van der Waals surface area contributed by atoms with Crippen LogP contribution in [0.2, 0.25) is 5.02 Å². The number of carbonyl (C=O) groups excluding carboxylic acids is 2. The summed E-state index contributed by atoms with van der Waals surface area (Å²) in [7, 11) is 1.53. The highest BCUT2D eigenvalue weighted by atomic mass is 35.5. The second-order valence-electron chi connectivity index (χ2n) is 12.5. The highest BCUT2D eigenvalue weighted by Gasteiger charge is 2.24. The second-order valence-corrected chi connectivity index (χ2v) is 13.7. The summed E-state index contributed by atoms with van der Waals surface area (Å²) in [4.78, 5) is 42.1. The summed E-state index contributed by atoms with van der Waals surface area (Å²) < 4.78 is 11.3. The Labute approximate surface area is 309 Å². The lowest BCUT2D eigenvalue weighted by Gasteiger charge is -2.31. The molecular weight excluding hydrogens is 706 g/mol. The molecule has 0 radical (unpaired) electrons. The zero-order chi connectivity index (χ0) is 36.6. The molecule has 5 aromatic rings. The second kappa shape index (κ2) is 17.1. The van der Waals surface area contributed by atoms with Crippen molar-refractivity contribution < 1.29 is 29.3 Å². The third kappa shape index (κ3) is 9.11. The largest absolute Gasteiger partial charge is 0.506 e. The summed E-state index contributed by atoms with van der Waals surface area (Å²) in [5, 5.41) is 34.9. The number of methoxy groups -OCH3 is 1. The van der Waals surface area contributed by atoms with Crippen LogP contribution in [0, 0.1) is 0 Å². The number of hydrogen-bond donors (Lipinski definition) is 6. The van der Waals surface area contributed by atoms with Crippen LogP contribution in [0.25, 0.3) is 22.0 Å². The van der Waals surface area contributed by atoms with Crippen LogP contribution in [0.4, 0.5) is 16.2 Å². The number of hydrogen-bond acceptors (Lipinski definition) is 10. The minimum absolute atomic E-state index is 0.0794. The number of carbonyl (C=O) groups is 2. The number of halogens is 1. The number of aliphatic hydroxyl groups excluding tert-OH is 1. The number of nitrogens with zero attached hydrogens (tertiary/aromatic N) is 1. The van der Waals surface area contributed by atoms with E-state index in [-0.39, 0.29) is 41.8 Å². The van der Waals surface area contributed by atoms with Crippen LogP contribution in [0.5, 0.6) is 11.5 Å². The van der Waals surface area contributed by atoms with E-state index in [0.717, 1.165) is 16.7 Å². The number of anilines is 2. The molecule has 272 valence electrons. The lowest BCUT2D eigenvalue weighted by atomic mass is 10.0. The minimum Gasteiger partial charge on any atom is -0.506 e. The van der Waals surface area contributed by atoms with Crippen molar-refractivity contribution in [3.8, 4) is 22.6 Å². The molecule has 0 aliphatic carbocycles. The molecule has 6 rings (SSSR count). The van der Waals surface area contributed by atoms with Gasteiger partial charge >= 0.3 is 6.09 Å². The molecular formula is C38H40ClN5O7S. The predicted octanol–water partition coefficient (Wildman–Crippen LogP) is 6.49. The maximum Gasteiger partial charge on any atom is 0.411 e. The summed E-state index contributed by atoms with van der Waals surface area (Å²) in [6.07, 6.45) is -0.0242. The Hall–Kier alpha value is -4.92. The van der Waals surface area contributed by atoms with E-state index in [1.54, 1.807) is 35.6 Å². The van der Waals surface area contributed by atoms with Crippen molar-refractivity contribution >= 4 is 57.2 Å². The van der Waals surface area contributed by atoms with Gasteiger partial charge < -0.3 is 40.2 Å². The van der Waals surface area contributed by atoms with Crippen LogP contribution in [0.15, 0.2) is 82.3 Å². The molecule has 1 fully saturated rings. The number of aromatic nitrogens is 1. The van der Waals surface area contributed by atoms with Gasteiger partial charge in [0.15, 0.2) is 0 Å². The Bertz CT molecular complexity index is 2080. The number of amides is 2. The molecule has 52 heavy (non-hydrogen) atoms. The number of piperidine rings is 1. The molecule has 1 aliphatic heterocycles. The van der Waals surface area contributed by atoms with Crippen LogP contribution in [0.3, 0.4) is 0 Å². The van der Waals surface area contributed by atoms with Gasteiger partial charge in [0.2, 0.25) is 11.5 Å². The predicted molar refractivity (Wildman–Crippen MR) is 203 cm³/mol. The molecule has 2 amide bonds. The van der Waals surface area contributed by atoms with E-state index in [1.165, 1.54) is 19.2 Å². The first-order valence-corrected chi connectivity index (χ1v) is 18.2. The number of phenolic OH excluding ortho intramolecular Hbond substituents is 1. The number of nitrogens with one attached hydrogen (secondary N) is 4. The number of para-hydroxylation sites is 1. The van der Waals surface area contributed by atoms with E-state index < -0.39 is 12.2 Å². The summed E-state index contributed by atoms with van der Waals surface area (Å²) in [5.41, 5.74) is 4.30. The Morgan fingerprint density at radius 2 is 1.87 bits per heavy atom. The fourth-order valence-corrected chi connectivity index (χ4v) is 7.19. The van der Waals surface area contributed by atoms with E-state index in [9.17, 15) is 24.6 Å². The number of fused-ring (bicyclic) bond motifs is 1. The molecule has 1 aliphatic rings. The zero-order valence-electron chi connectivity index (χ0n) is 28.5. The zero-order valence-corrected chi connectivity index (χ0v) is 30.1. The van der Waals surface area contributed by atoms with E-state index in [1.807, 2.05) is 41.1 Å². The summed E-state index contributed by atoms with van der Waals surface area (Å²) in [5.74, 6) is 0.238. The van der Waals surface area contributed by atoms with Crippen LogP contribution < -0.4 is 26.2 Å². The number of pyridine rings is 1. The molecule has 14 heteroatoms. The molecule has 0 saturated carbocycles. The SMILES string of the molecule is COc1cc(NC(=O)CCN2CCC(OC(=O)Nc3ccccc3-c3ccsc3)CC2)c(Cl)cc1CNC[C@@H](O)c1ccc(O)c2[nH]c(=O)ccc12. The quantitative estimate of drug-likeness (QED) is 0.0791. The third-order valence-electron chi connectivity index (χ3n) is 9.02. The number of ether oxygens (including phenoxy) is 2. The van der Waals surface area contributed by atoms with Gasteiger partial charge in [-0.1, -0.05) is 35.9 Å². The highest BCUT2D eigenvalue weighted by molar-refractivity contribution is 7.08. The smallest absolute Gasteiger partial charge is 0.411 e. The molecule has 0 unspecified atom stereocenters. The molecule has 0 spiro atoms. The average Bonchev–Trinajstić information content (AvgIpc) is 3.68. The van der Waals surface area contributed by atoms with Gasteiger partial charge in [0.25, 0.3) is 0 Å². The normalized spacial score (nSPS) is 14.2.